The number of benzene rings is 2. The van der Waals surface area contributed by atoms with Gasteiger partial charge in [0, 0.05) is 31.0 Å². The summed E-state index contributed by atoms with van der Waals surface area (Å²) in [4.78, 5) is 18.9. The third kappa shape index (κ3) is 2.63. The van der Waals surface area contributed by atoms with Crippen molar-refractivity contribution >= 4 is 5.91 Å². The minimum atomic E-state index is 0.122. The lowest BCUT2D eigenvalue weighted by atomic mass is 10.1. The van der Waals surface area contributed by atoms with Gasteiger partial charge in [-0.3, -0.25) is 4.79 Å². The van der Waals surface area contributed by atoms with Crippen LogP contribution < -0.4 is 0 Å². The zero-order chi connectivity index (χ0) is 15.6. The third-order valence-corrected chi connectivity index (χ3v) is 4.25. The van der Waals surface area contributed by atoms with Gasteiger partial charge in [-0.25, -0.2) is 4.98 Å². The number of imidazole rings is 1. The van der Waals surface area contributed by atoms with Gasteiger partial charge in [-0.15, -0.1) is 0 Å². The van der Waals surface area contributed by atoms with Crippen LogP contribution in [0.25, 0.3) is 11.4 Å². The summed E-state index contributed by atoms with van der Waals surface area (Å²) < 4.78 is 1.92. The fourth-order valence-electron chi connectivity index (χ4n) is 3.04. The normalized spacial score (nSPS) is 13.1. The number of carbonyl (C=O) groups is 1. The van der Waals surface area contributed by atoms with Crippen molar-refractivity contribution in [3.63, 3.8) is 0 Å². The average Bonchev–Trinajstić information content (AvgIpc) is 3.22. The quantitative estimate of drug-likeness (QED) is 0.746. The predicted octanol–water partition coefficient (Wildman–Crippen LogP) is 3.09. The van der Waals surface area contributed by atoms with E-state index < -0.39 is 0 Å². The van der Waals surface area contributed by atoms with E-state index in [0.29, 0.717) is 19.6 Å². The number of fused-ring (bicyclic) bond motifs is 1. The lowest BCUT2D eigenvalue weighted by Crippen LogP contribution is -2.29. The van der Waals surface area contributed by atoms with Gasteiger partial charge in [-0.1, -0.05) is 54.6 Å². The fraction of sp³-hybridized carbons (Fsp3) is 0.158. The smallest absolute Gasteiger partial charge is 0.243 e. The number of rotatable bonds is 3. The molecule has 0 N–H and O–H groups in total. The lowest BCUT2D eigenvalue weighted by molar-refractivity contribution is -0.132. The molecule has 0 bridgehead atoms. The molecular weight excluding hydrogens is 286 g/mol. The molecule has 2 aromatic carbocycles. The van der Waals surface area contributed by atoms with Gasteiger partial charge in [0.15, 0.2) is 0 Å². The number of nitrogens with zero attached hydrogens (tertiary/aromatic N) is 3. The summed E-state index contributed by atoms with van der Waals surface area (Å²) in [5, 5.41) is 0. The summed E-state index contributed by atoms with van der Waals surface area (Å²) in [6, 6.07) is 18.2. The Kier molecular flexibility index (Phi) is 3.42. The first kappa shape index (κ1) is 13.8. The number of carbonyl (C=O) groups excluding carboxylic acids is 1. The van der Waals surface area contributed by atoms with Gasteiger partial charge in [0.1, 0.15) is 12.4 Å². The van der Waals surface area contributed by atoms with Crippen molar-refractivity contribution in [2.24, 2.45) is 0 Å². The molecule has 0 atom stereocenters. The third-order valence-electron chi connectivity index (χ3n) is 4.25. The molecule has 2 heterocycles. The van der Waals surface area contributed by atoms with Crippen LogP contribution in [0.1, 0.15) is 11.1 Å². The Balaban J connectivity index is 1.52. The van der Waals surface area contributed by atoms with Gasteiger partial charge in [-0.2, -0.15) is 0 Å². The molecule has 23 heavy (non-hydrogen) atoms. The van der Waals surface area contributed by atoms with Crippen LogP contribution in [-0.2, 0) is 24.4 Å². The zero-order valence-electron chi connectivity index (χ0n) is 12.7. The number of aromatic nitrogens is 2. The summed E-state index contributed by atoms with van der Waals surface area (Å²) >= 11 is 0. The van der Waals surface area contributed by atoms with Crippen molar-refractivity contribution in [1.82, 2.24) is 14.5 Å². The van der Waals surface area contributed by atoms with E-state index in [1.165, 1.54) is 11.1 Å². The van der Waals surface area contributed by atoms with E-state index in [0.717, 1.165) is 11.4 Å². The van der Waals surface area contributed by atoms with Crippen LogP contribution in [0.5, 0.6) is 0 Å². The van der Waals surface area contributed by atoms with E-state index in [1.807, 2.05) is 58.1 Å². The highest BCUT2D eigenvalue weighted by atomic mass is 16.2. The fourth-order valence-corrected chi connectivity index (χ4v) is 3.04. The molecule has 1 aliphatic heterocycles. The van der Waals surface area contributed by atoms with Crippen molar-refractivity contribution in [3.05, 3.63) is 78.1 Å². The van der Waals surface area contributed by atoms with Gasteiger partial charge in [-0.05, 0) is 11.1 Å². The molecule has 1 aliphatic rings. The topological polar surface area (TPSA) is 38.1 Å². The highest BCUT2D eigenvalue weighted by Crippen LogP contribution is 2.23. The molecule has 0 saturated heterocycles. The van der Waals surface area contributed by atoms with Gasteiger partial charge in [0.2, 0.25) is 5.91 Å². The summed E-state index contributed by atoms with van der Waals surface area (Å²) in [6.07, 6.45) is 3.61. The monoisotopic (exact) mass is 303 g/mol. The predicted molar refractivity (Wildman–Crippen MR) is 88.4 cm³/mol. The van der Waals surface area contributed by atoms with Crippen LogP contribution in [0.4, 0.5) is 0 Å². The van der Waals surface area contributed by atoms with Crippen molar-refractivity contribution in [2.45, 2.75) is 19.6 Å². The highest BCUT2D eigenvalue weighted by molar-refractivity contribution is 5.77. The maximum Gasteiger partial charge on any atom is 0.243 e. The van der Waals surface area contributed by atoms with Gasteiger partial charge in [0.25, 0.3) is 0 Å². The van der Waals surface area contributed by atoms with Crippen molar-refractivity contribution < 1.29 is 4.79 Å². The van der Waals surface area contributed by atoms with Gasteiger partial charge >= 0.3 is 0 Å². The molecule has 0 spiro atoms. The standard InChI is InChI=1S/C19H17N3O/c23-18(22-12-16-8-4-5-9-17(16)13-22)14-21-11-10-20-19(21)15-6-2-1-3-7-15/h1-11H,12-14H2. The van der Waals surface area contributed by atoms with E-state index >= 15 is 0 Å². The molecule has 0 fully saturated rings. The van der Waals surface area contributed by atoms with Crippen molar-refractivity contribution in [2.75, 3.05) is 0 Å². The summed E-state index contributed by atoms with van der Waals surface area (Å²) in [5.74, 6) is 0.951. The summed E-state index contributed by atoms with van der Waals surface area (Å²) in [6.45, 7) is 1.72. The number of hydrogen-bond donors (Lipinski definition) is 0. The number of amides is 1. The molecule has 4 rings (SSSR count). The van der Waals surface area contributed by atoms with Crippen LogP contribution in [0.15, 0.2) is 67.0 Å². The maximum absolute atomic E-state index is 12.6. The van der Waals surface area contributed by atoms with Crippen LogP contribution >= 0.6 is 0 Å². The molecular formula is C19H17N3O. The molecule has 0 radical (unpaired) electrons. The van der Waals surface area contributed by atoms with Crippen LogP contribution in [0, 0.1) is 0 Å². The molecule has 4 heteroatoms. The minimum absolute atomic E-state index is 0.122. The summed E-state index contributed by atoms with van der Waals surface area (Å²) in [5.41, 5.74) is 3.51. The van der Waals surface area contributed by atoms with Crippen LogP contribution in [0.2, 0.25) is 0 Å². The second kappa shape index (κ2) is 5.72. The Morgan fingerprint density at radius 1 is 0.957 bits per heavy atom. The maximum atomic E-state index is 12.6. The van der Waals surface area contributed by atoms with E-state index in [-0.39, 0.29) is 5.91 Å². The second-order valence-corrected chi connectivity index (χ2v) is 5.76. The number of hydrogen-bond acceptors (Lipinski definition) is 2. The Morgan fingerprint density at radius 3 is 2.30 bits per heavy atom. The Labute approximate surface area is 135 Å². The van der Waals surface area contributed by atoms with Crippen LogP contribution in [-0.4, -0.2) is 20.4 Å². The second-order valence-electron chi connectivity index (χ2n) is 5.76. The van der Waals surface area contributed by atoms with Gasteiger partial charge < -0.3 is 9.47 Å². The molecule has 1 amide bonds. The average molecular weight is 303 g/mol. The van der Waals surface area contributed by atoms with E-state index in [2.05, 4.69) is 17.1 Å². The van der Waals surface area contributed by atoms with E-state index in [9.17, 15) is 4.79 Å². The summed E-state index contributed by atoms with van der Waals surface area (Å²) in [7, 11) is 0. The largest absolute Gasteiger partial charge is 0.332 e. The minimum Gasteiger partial charge on any atom is -0.332 e. The molecule has 0 aliphatic carbocycles. The highest BCUT2D eigenvalue weighted by Gasteiger charge is 2.23. The first-order chi connectivity index (χ1) is 11.3. The molecule has 4 nitrogen and oxygen atoms in total. The first-order valence-electron chi connectivity index (χ1n) is 7.72. The molecule has 114 valence electrons. The van der Waals surface area contributed by atoms with Gasteiger partial charge in [0.05, 0.1) is 0 Å². The van der Waals surface area contributed by atoms with E-state index in [4.69, 9.17) is 0 Å². The Hall–Kier alpha value is -2.88. The van der Waals surface area contributed by atoms with Crippen molar-refractivity contribution in [1.29, 1.82) is 0 Å². The Morgan fingerprint density at radius 2 is 1.61 bits per heavy atom. The first-order valence-corrected chi connectivity index (χ1v) is 7.72. The van der Waals surface area contributed by atoms with Crippen molar-refractivity contribution in [3.8, 4) is 11.4 Å². The molecule has 0 unspecified atom stereocenters. The molecule has 0 saturated carbocycles. The zero-order valence-corrected chi connectivity index (χ0v) is 12.7. The van der Waals surface area contributed by atoms with Crippen LogP contribution in [0.3, 0.4) is 0 Å². The molecule has 1 aromatic heterocycles. The van der Waals surface area contributed by atoms with E-state index in [1.54, 1.807) is 6.20 Å². The Bertz CT molecular complexity index is 814. The SMILES string of the molecule is O=C(Cn1ccnc1-c1ccccc1)N1Cc2ccccc2C1. The molecule has 3 aromatic rings. The lowest BCUT2D eigenvalue weighted by Gasteiger charge is -2.16.